The van der Waals surface area contributed by atoms with E-state index in [0.29, 0.717) is 27.7 Å². The maximum absolute atomic E-state index is 13.0. The lowest BCUT2D eigenvalue weighted by Crippen LogP contribution is -2.35. The van der Waals surface area contributed by atoms with Crippen molar-refractivity contribution in [2.75, 3.05) is 0 Å². The van der Waals surface area contributed by atoms with Gasteiger partial charge in [0, 0.05) is 27.1 Å². The minimum Gasteiger partial charge on any atom is -0.459 e. The Morgan fingerprint density at radius 1 is 0.938 bits per heavy atom. The lowest BCUT2D eigenvalue weighted by molar-refractivity contribution is -0.147. The number of ether oxygens (including phenoxy) is 1. The van der Waals surface area contributed by atoms with Gasteiger partial charge in [0.05, 0.1) is 0 Å². The number of esters is 1. The molecule has 0 fully saturated rings. The van der Waals surface area contributed by atoms with Crippen molar-refractivity contribution in [1.82, 2.24) is 5.32 Å². The van der Waals surface area contributed by atoms with Gasteiger partial charge in [0.1, 0.15) is 12.2 Å². The van der Waals surface area contributed by atoms with Gasteiger partial charge in [0.25, 0.3) is 5.91 Å². The first-order valence-electron chi connectivity index (χ1n) is 9.81. The van der Waals surface area contributed by atoms with Gasteiger partial charge in [-0.3, -0.25) is 4.79 Å². The number of rotatable bonds is 6. The summed E-state index contributed by atoms with van der Waals surface area (Å²) >= 11 is 3.34. The van der Waals surface area contributed by atoms with E-state index < -0.39 is 23.5 Å². The van der Waals surface area contributed by atoms with Gasteiger partial charge in [0.15, 0.2) is 6.04 Å². The number of amides is 1. The van der Waals surface area contributed by atoms with E-state index in [2.05, 4.69) is 21.2 Å². The number of hydrogen-bond acceptors (Lipinski definition) is 5. The monoisotopic (exact) mass is 491 g/mol. The second-order valence-electron chi connectivity index (χ2n) is 7.02. The summed E-state index contributed by atoms with van der Waals surface area (Å²) in [6.07, 6.45) is 0. The maximum Gasteiger partial charge on any atom is 0.336 e. The number of carbonyl (C=O) groups is 2. The van der Waals surface area contributed by atoms with E-state index in [4.69, 9.17) is 9.15 Å². The topological polar surface area (TPSA) is 85.6 Å². The van der Waals surface area contributed by atoms with E-state index in [-0.39, 0.29) is 6.61 Å². The van der Waals surface area contributed by atoms with E-state index >= 15 is 0 Å². The highest BCUT2D eigenvalue weighted by atomic mass is 79.9. The van der Waals surface area contributed by atoms with Crippen molar-refractivity contribution in [3.63, 3.8) is 0 Å². The number of hydrogen-bond donors (Lipinski definition) is 1. The Hall–Kier alpha value is -3.71. The lowest BCUT2D eigenvalue weighted by atomic mass is 10.1. The fourth-order valence-electron chi connectivity index (χ4n) is 3.28. The summed E-state index contributed by atoms with van der Waals surface area (Å²) in [5.41, 5.74) is 1.37. The smallest absolute Gasteiger partial charge is 0.336 e. The molecule has 1 atom stereocenters. The van der Waals surface area contributed by atoms with E-state index in [1.54, 1.807) is 72.8 Å². The zero-order valence-corrected chi connectivity index (χ0v) is 18.4. The van der Waals surface area contributed by atoms with Crippen LogP contribution < -0.4 is 10.9 Å². The van der Waals surface area contributed by atoms with Gasteiger partial charge in [-0.25, -0.2) is 9.59 Å². The summed E-state index contributed by atoms with van der Waals surface area (Å²) in [5.74, 6) is -1.04. The standard InChI is InChI=1S/C25H18BrNO5/c26-19-11-12-20-18(13-22(28)32-21(20)14-19)15-31-25(30)23(16-7-3-1-4-8-16)27-24(29)17-9-5-2-6-10-17/h1-14,23H,15H2,(H,27,29). The molecule has 32 heavy (non-hydrogen) atoms. The molecule has 1 unspecified atom stereocenters. The van der Waals surface area contributed by atoms with Gasteiger partial charge < -0.3 is 14.5 Å². The second kappa shape index (κ2) is 9.62. The third kappa shape index (κ3) is 4.95. The Kier molecular flexibility index (Phi) is 6.47. The van der Waals surface area contributed by atoms with Crippen molar-refractivity contribution in [2.45, 2.75) is 12.6 Å². The van der Waals surface area contributed by atoms with E-state index in [9.17, 15) is 14.4 Å². The average Bonchev–Trinajstić information content (AvgIpc) is 2.81. The molecule has 4 rings (SSSR count). The highest BCUT2D eigenvalue weighted by Gasteiger charge is 2.25. The van der Waals surface area contributed by atoms with Crippen molar-refractivity contribution in [3.05, 3.63) is 117 Å². The summed E-state index contributed by atoms with van der Waals surface area (Å²) in [5, 5.41) is 3.40. The normalized spacial score (nSPS) is 11.7. The summed E-state index contributed by atoms with van der Waals surface area (Å²) in [4.78, 5) is 37.6. The molecule has 1 aromatic heterocycles. The SMILES string of the molecule is O=C(NC(C(=O)OCc1cc(=O)oc2cc(Br)ccc12)c1ccccc1)c1ccccc1. The molecule has 0 aliphatic rings. The fraction of sp³-hybridized carbons (Fsp3) is 0.0800. The molecule has 1 heterocycles. The van der Waals surface area contributed by atoms with Crippen molar-refractivity contribution < 1.29 is 18.7 Å². The van der Waals surface area contributed by atoms with Crippen LogP contribution in [-0.4, -0.2) is 11.9 Å². The van der Waals surface area contributed by atoms with Gasteiger partial charge in [0.2, 0.25) is 0 Å². The molecule has 0 bridgehead atoms. The predicted octanol–water partition coefficient (Wildman–Crippen LogP) is 4.77. The van der Waals surface area contributed by atoms with Crippen LogP contribution in [0.2, 0.25) is 0 Å². The van der Waals surface area contributed by atoms with Crippen LogP contribution in [0.5, 0.6) is 0 Å². The maximum atomic E-state index is 13.0. The van der Waals surface area contributed by atoms with Crippen LogP contribution in [0, 0.1) is 0 Å². The summed E-state index contributed by atoms with van der Waals surface area (Å²) in [6, 6.07) is 23.0. The van der Waals surface area contributed by atoms with Crippen LogP contribution >= 0.6 is 15.9 Å². The van der Waals surface area contributed by atoms with E-state index in [0.717, 1.165) is 4.47 Å². The molecule has 1 N–H and O–H groups in total. The van der Waals surface area contributed by atoms with Gasteiger partial charge >= 0.3 is 11.6 Å². The largest absolute Gasteiger partial charge is 0.459 e. The minimum absolute atomic E-state index is 0.146. The first-order chi connectivity index (χ1) is 15.5. The van der Waals surface area contributed by atoms with Gasteiger partial charge in [-0.2, -0.15) is 0 Å². The molecule has 1 amide bonds. The Balaban J connectivity index is 1.58. The number of nitrogens with one attached hydrogen (secondary N) is 1. The van der Waals surface area contributed by atoms with Crippen molar-refractivity contribution in [3.8, 4) is 0 Å². The first kappa shape index (κ1) is 21.5. The molecule has 0 radical (unpaired) electrons. The second-order valence-corrected chi connectivity index (χ2v) is 7.94. The quantitative estimate of drug-likeness (QED) is 0.310. The van der Waals surface area contributed by atoms with Gasteiger partial charge in [-0.15, -0.1) is 0 Å². The highest BCUT2D eigenvalue weighted by Crippen LogP contribution is 2.23. The molecule has 0 spiro atoms. The van der Waals surface area contributed by atoms with Crippen molar-refractivity contribution in [2.24, 2.45) is 0 Å². The van der Waals surface area contributed by atoms with Crippen LogP contribution in [0.4, 0.5) is 0 Å². The average molecular weight is 492 g/mol. The van der Waals surface area contributed by atoms with E-state index in [1.165, 1.54) is 6.07 Å². The molecule has 7 heteroatoms. The third-order valence-corrected chi connectivity index (χ3v) is 5.34. The third-order valence-electron chi connectivity index (χ3n) is 4.84. The Bertz CT molecular complexity index is 1320. The predicted molar refractivity (Wildman–Crippen MR) is 123 cm³/mol. The molecular weight excluding hydrogens is 474 g/mol. The molecule has 0 saturated carbocycles. The summed E-state index contributed by atoms with van der Waals surface area (Å²) < 4.78 is 11.5. The highest BCUT2D eigenvalue weighted by molar-refractivity contribution is 9.10. The minimum atomic E-state index is -1.01. The summed E-state index contributed by atoms with van der Waals surface area (Å²) in [7, 11) is 0. The zero-order valence-electron chi connectivity index (χ0n) is 16.8. The number of halogens is 1. The molecule has 0 aliphatic heterocycles. The Morgan fingerprint density at radius 3 is 2.34 bits per heavy atom. The van der Waals surface area contributed by atoms with Crippen LogP contribution in [0.15, 0.2) is 98.6 Å². The van der Waals surface area contributed by atoms with Crippen molar-refractivity contribution in [1.29, 1.82) is 0 Å². The zero-order chi connectivity index (χ0) is 22.5. The molecule has 0 aliphatic carbocycles. The van der Waals surface area contributed by atoms with Gasteiger partial charge in [-0.1, -0.05) is 64.5 Å². The van der Waals surface area contributed by atoms with Crippen LogP contribution in [0.25, 0.3) is 11.0 Å². The lowest BCUT2D eigenvalue weighted by Gasteiger charge is -2.18. The molecule has 160 valence electrons. The van der Waals surface area contributed by atoms with Gasteiger partial charge in [-0.05, 0) is 35.9 Å². The van der Waals surface area contributed by atoms with Crippen molar-refractivity contribution >= 4 is 38.8 Å². The molecular formula is C25H18BrNO5. The van der Waals surface area contributed by atoms with Crippen LogP contribution in [-0.2, 0) is 16.1 Å². The number of carbonyl (C=O) groups excluding carboxylic acids is 2. The molecule has 4 aromatic rings. The Labute approximate surface area is 192 Å². The fourth-order valence-corrected chi connectivity index (χ4v) is 3.62. The number of fused-ring (bicyclic) bond motifs is 1. The first-order valence-corrected chi connectivity index (χ1v) is 10.6. The van der Waals surface area contributed by atoms with Crippen LogP contribution in [0.3, 0.4) is 0 Å². The Morgan fingerprint density at radius 2 is 1.62 bits per heavy atom. The van der Waals surface area contributed by atoms with E-state index in [1.807, 2.05) is 6.07 Å². The summed E-state index contributed by atoms with van der Waals surface area (Å²) in [6.45, 7) is -0.146. The van der Waals surface area contributed by atoms with Crippen LogP contribution in [0.1, 0.15) is 27.5 Å². The molecule has 3 aromatic carbocycles. The molecule has 0 saturated heterocycles. The molecule has 6 nitrogen and oxygen atoms in total. The number of benzene rings is 3.